The van der Waals surface area contributed by atoms with E-state index in [-0.39, 0.29) is 5.57 Å². The summed E-state index contributed by atoms with van der Waals surface area (Å²) in [5.74, 6) is -0.0741. The lowest BCUT2D eigenvalue weighted by molar-refractivity contribution is -0.132. The third kappa shape index (κ3) is 5.17. The molecule has 0 aliphatic heterocycles. The average Bonchev–Trinajstić information content (AvgIpc) is 2.41. The molecule has 0 amide bonds. The van der Waals surface area contributed by atoms with Crippen LogP contribution in [-0.2, 0) is 4.79 Å². The van der Waals surface area contributed by atoms with Gasteiger partial charge in [0.15, 0.2) is 0 Å². The van der Waals surface area contributed by atoms with E-state index in [1.807, 2.05) is 0 Å². The van der Waals surface area contributed by atoms with Gasteiger partial charge in [-0.05, 0) is 31.2 Å². The second-order valence-electron chi connectivity index (χ2n) is 4.83. The minimum absolute atomic E-state index is 0.176. The first kappa shape index (κ1) is 14.5. The first-order valence-electron chi connectivity index (χ1n) is 6.55. The number of rotatable bonds is 2. The average molecular weight is 246 g/mol. The Morgan fingerprint density at radius 2 is 1.67 bits per heavy atom. The van der Waals surface area contributed by atoms with Crippen LogP contribution in [0.3, 0.4) is 0 Å². The van der Waals surface area contributed by atoms with Crippen LogP contribution in [-0.4, -0.2) is 11.1 Å². The number of carboxylic acids is 1. The molecule has 0 heterocycles. The zero-order chi connectivity index (χ0) is 13.4. The molecule has 0 aromatic heterocycles. The highest BCUT2D eigenvalue weighted by Gasteiger charge is 2.14. The molecule has 1 aliphatic carbocycles. The second kappa shape index (κ2) is 7.70. The van der Waals surface area contributed by atoms with Gasteiger partial charge in [0.25, 0.3) is 0 Å². The minimum Gasteiger partial charge on any atom is -0.478 e. The summed E-state index contributed by atoms with van der Waals surface area (Å²) in [6.07, 6.45) is 7.12. The van der Waals surface area contributed by atoms with Gasteiger partial charge in [0, 0.05) is 5.57 Å². The minimum atomic E-state index is -0.935. The Labute approximate surface area is 109 Å². The van der Waals surface area contributed by atoms with Gasteiger partial charge in [0.1, 0.15) is 0 Å². The molecule has 0 saturated heterocycles. The SMILES string of the molecule is C=C(C)C(=O)O.c1ccc(C2CCCCC2)cc1. The van der Waals surface area contributed by atoms with E-state index in [9.17, 15) is 4.79 Å². The topological polar surface area (TPSA) is 37.3 Å². The van der Waals surface area contributed by atoms with Gasteiger partial charge in [-0.1, -0.05) is 56.2 Å². The van der Waals surface area contributed by atoms with Crippen molar-refractivity contribution in [1.82, 2.24) is 0 Å². The smallest absolute Gasteiger partial charge is 0.330 e. The van der Waals surface area contributed by atoms with E-state index < -0.39 is 5.97 Å². The third-order valence-corrected chi connectivity index (χ3v) is 3.24. The normalized spacial score (nSPS) is 15.4. The Balaban J connectivity index is 0.000000232. The van der Waals surface area contributed by atoms with Crippen LogP contribution in [0.4, 0.5) is 0 Å². The van der Waals surface area contributed by atoms with Crippen LogP contribution in [0.1, 0.15) is 50.5 Å². The highest BCUT2D eigenvalue weighted by Crippen LogP contribution is 2.31. The van der Waals surface area contributed by atoms with Gasteiger partial charge >= 0.3 is 5.97 Å². The van der Waals surface area contributed by atoms with Crippen molar-refractivity contribution in [3.63, 3.8) is 0 Å². The largest absolute Gasteiger partial charge is 0.478 e. The molecular weight excluding hydrogens is 224 g/mol. The van der Waals surface area contributed by atoms with Crippen LogP contribution in [0.15, 0.2) is 42.5 Å². The van der Waals surface area contributed by atoms with Gasteiger partial charge in [0.2, 0.25) is 0 Å². The summed E-state index contributed by atoms with van der Waals surface area (Å²) in [5.41, 5.74) is 1.73. The summed E-state index contributed by atoms with van der Waals surface area (Å²) < 4.78 is 0. The van der Waals surface area contributed by atoms with E-state index in [4.69, 9.17) is 5.11 Å². The molecule has 0 spiro atoms. The van der Waals surface area contributed by atoms with Gasteiger partial charge in [-0.3, -0.25) is 0 Å². The molecular formula is C16H22O2. The Kier molecular flexibility index (Phi) is 6.20. The lowest BCUT2D eigenvalue weighted by Gasteiger charge is -2.21. The molecule has 1 aliphatic rings. The first-order valence-corrected chi connectivity index (χ1v) is 6.55. The van der Waals surface area contributed by atoms with Crippen LogP contribution in [0.5, 0.6) is 0 Å². The van der Waals surface area contributed by atoms with Gasteiger partial charge in [-0.15, -0.1) is 0 Å². The summed E-state index contributed by atoms with van der Waals surface area (Å²) in [6.45, 7) is 4.60. The molecule has 2 heteroatoms. The van der Waals surface area contributed by atoms with Crippen LogP contribution < -0.4 is 0 Å². The van der Waals surface area contributed by atoms with Crippen molar-refractivity contribution in [3.05, 3.63) is 48.0 Å². The van der Waals surface area contributed by atoms with Crippen molar-refractivity contribution in [3.8, 4) is 0 Å². The Bertz CT molecular complexity index is 363. The lowest BCUT2D eigenvalue weighted by atomic mass is 9.84. The predicted molar refractivity (Wildman–Crippen MR) is 74.7 cm³/mol. The van der Waals surface area contributed by atoms with Crippen LogP contribution in [0.2, 0.25) is 0 Å². The number of carboxylic acid groups (broad SMARTS) is 1. The molecule has 0 unspecified atom stereocenters. The monoisotopic (exact) mass is 246 g/mol. The molecule has 1 aromatic carbocycles. The van der Waals surface area contributed by atoms with Crippen molar-refractivity contribution in [1.29, 1.82) is 0 Å². The summed E-state index contributed by atoms with van der Waals surface area (Å²) >= 11 is 0. The predicted octanol–water partition coefficient (Wildman–Crippen LogP) is 4.38. The maximum atomic E-state index is 9.60. The Morgan fingerprint density at radius 3 is 2.11 bits per heavy atom. The van der Waals surface area contributed by atoms with Crippen molar-refractivity contribution in [2.45, 2.75) is 44.9 Å². The maximum absolute atomic E-state index is 9.60. The molecule has 0 radical (unpaired) electrons. The van der Waals surface area contributed by atoms with Crippen LogP contribution in [0, 0.1) is 0 Å². The fraction of sp³-hybridized carbons (Fsp3) is 0.438. The fourth-order valence-electron chi connectivity index (χ4n) is 2.16. The number of benzene rings is 1. The van der Waals surface area contributed by atoms with Gasteiger partial charge in [-0.25, -0.2) is 4.79 Å². The molecule has 1 aromatic rings. The van der Waals surface area contributed by atoms with E-state index in [1.165, 1.54) is 39.0 Å². The molecule has 2 rings (SSSR count). The highest BCUT2D eigenvalue weighted by molar-refractivity contribution is 5.84. The second-order valence-corrected chi connectivity index (χ2v) is 4.83. The first-order chi connectivity index (χ1) is 8.61. The molecule has 1 N–H and O–H groups in total. The molecule has 0 atom stereocenters. The summed E-state index contributed by atoms with van der Waals surface area (Å²) in [4.78, 5) is 9.60. The maximum Gasteiger partial charge on any atom is 0.330 e. The summed E-state index contributed by atoms with van der Waals surface area (Å²) in [7, 11) is 0. The van der Waals surface area contributed by atoms with Crippen LogP contribution in [0.25, 0.3) is 0 Å². The number of hydrogen-bond acceptors (Lipinski definition) is 1. The highest BCUT2D eigenvalue weighted by atomic mass is 16.4. The van der Waals surface area contributed by atoms with Gasteiger partial charge in [0.05, 0.1) is 0 Å². The van der Waals surface area contributed by atoms with Crippen molar-refractivity contribution < 1.29 is 9.90 Å². The zero-order valence-electron chi connectivity index (χ0n) is 11.1. The standard InChI is InChI=1S/C12H16.C4H6O2/c1-3-7-11(8-4-1)12-9-5-2-6-10-12;1-3(2)4(5)6/h1,3-4,7-8,12H,2,5-6,9-10H2;1H2,2H3,(H,5,6). The van der Waals surface area contributed by atoms with Crippen molar-refractivity contribution in [2.75, 3.05) is 0 Å². The van der Waals surface area contributed by atoms with E-state index >= 15 is 0 Å². The quantitative estimate of drug-likeness (QED) is 0.786. The molecule has 18 heavy (non-hydrogen) atoms. The number of carbonyl (C=O) groups is 1. The van der Waals surface area contributed by atoms with Crippen molar-refractivity contribution >= 4 is 5.97 Å². The Morgan fingerprint density at radius 1 is 1.17 bits per heavy atom. The number of aliphatic carboxylic acids is 1. The Hall–Kier alpha value is -1.57. The lowest BCUT2D eigenvalue weighted by Crippen LogP contribution is -2.03. The molecule has 1 saturated carbocycles. The van der Waals surface area contributed by atoms with E-state index in [0.717, 1.165) is 5.92 Å². The zero-order valence-corrected chi connectivity index (χ0v) is 11.1. The van der Waals surface area contributed by atoms with Gasteiger partial charge < -0.3 is 5.11 Å². The number of hydrogen-bond donors (Lipinski definition) is 1. The van der Waals surface area contributed by atoms with E-state index in [2.05, 4.69) is 36.9 Å². The third-order valence-electron chi connectivity index (χ3n) is 3.24. The van der Waals surface area contributed by atoms with Gasteiger partial charge in [-0.2, -0.15) is 0 Å². The summed E-state index contributed by atoms with van der Waals surface area (Å²) in [5, 5.41) is 7.89. The molecule has 0 bridgehead atoms. The van der Waals surface area contributed by atoms with E-state index in [1.54, 1.807) is 5.56 Å². The molecule has 1 fully saturated rings. The molecule has 2 nitrogen and oxygen atoms in total. The van der Waals surface area contributed by atoms with E-state index in [0.29, 0.717) is 0 Å². The molecule has 98 valence electrons. The fourth-order valence-corrected chi connectivity index (χ4v) is 2.16. The van der Waals surface area contributed by atoms with Crippen LogP contribution >= 0.6 is 0 Å². The summed E-state index contributed by atoms with van der Waals surface area (Å²) in [6, 6.07) is 11.0. The van der Waals surface area contributed by atoms with Crippen molar-refractivity contribution in [2.24, 2.45) is 0 Å².